The molecule has 0 saturated heterocycles. The number of carbonyl (C=O) groups is 2. The molecule has 0 bridgehead atoms. The molecule has 2 amide bonds. The maximum Gasteiger partial charge on any atom is 0.314 e. The SMILES string of the molecule is CC(C)(C)CC(CNC(=O)NCCc1cccs1)C(=O)O. The number of hydrogen-bond donors (Lipinski definition) is 3. The molecular formula is C15H24N2O3S. The molecule has 0 fully saturated rings. The van der Waals surface area contributed by atoms with E-state index in [-0.39, 0.29) is 18.0 Å². The number of carboxylic acids is 1. The molecule has 1 aromatic heterocycles. The standard InChI is InChI=1S/C15H24N2O3S/c1-15(2,3)9-11(13(18)19)10-17-14(20)16-7-6-12-5-4-8-21-12/h4-5,8,11H,6-7,9-10H2,1-3H3,(H,18,19)(H2,16,17,20). The van der Waals surface area contributed by atoms with Crippen LogP contribution in [0.2, 0.25) is 0 Å². The lowest BCUT2D eigenvalue weighted by Gasteiger charge is -2.23. The van der Waals surface area contributed by atoms with Crippen molar-refractivity contribution in [2.45, 2.75) is 33.6 Å². The van der Waals surface area contributed by atoms with Crippen molar-refractivity contribution in [1.29, 1.82) is 0 Å². The van der Waals surface area contributed by atoms with Gasteiger partial charge in [0.1, 0.15) is 0 Å². The molecule has 1 atom stereocenters. The van der Waals surface area contributed by atoms with E-state index < -0.39 is 11.9 Å². The number of nitrogens with one attached hydrogen (secondary N) is 2. The average Bonchev–Trinajstić information content (AvgIpc) is 2.86. The van der Waals surface area contributed by atoms with Gasteiger partial charge in [0.05, 0.1) is 5.92 Å². The molecule has 0 radical (unpaired) electrons. The second kappa shape index (κ2) is 8.02. The molecule has 0 saturated carbocycles. The molecule has 0 aliphatic heterocycles. The summed E-state index contributed by atoms with van der Waals surface area (Å²) in [5, 5.41) is 16.6. The number of hydrogen-bond acceptors (Lipinski definition) is 3. The summed E-state index contributed by atoms with van der Waals surface area (Å²) in [6, 6.07) is 3.68. The van der Waals surface area contributed by atoms with Crippen molar-refractivity contribution in [1.82, 2.24) is 10.6 Å². The zero-order valence-corrected chi connectivity index (χ0v) is 13.6. The van der Waals surface area contributed by atoms with Crippen LogP contribution in [0.15, 0.2) is 17.5 Å². The van der Waals surface area contributed by atoms with Gasteiger partial charge in [-0.05, 0) is 29.7 Å². The molecule has 0 aromatic carbocycles. The van der Waals surface area contributed by atoms with Crippen LogP contribution in [-0.4, -0.2) is 30.2 Å². The van der Waals surface area contributed by atoms with E-state index in [9.17, 15) is 14.7 Å². The largest absolute Gasteiger partial charge is 0.481 e. The van der Waals surface area contributed by atoms with Crippen LogP contribution in [0.4, 0.5) is 4.79 Å². The molecule has 3 N–H and O–H groups in total. The summed E-state index contributed by atoms with van der Waals surface area (Å²) in [6.07, 6.45) is 1.31. The first kappa shape index (κ1) is 17.5. The second-order valence-corrected chi connectivity index (χ2v) is 7.30. The average molecular weight is 312 g/mol. The zero-order chi connectivity index (χ0) is 15.9. The van der Waals surface area contributed by atoms with Crippen LogP contribution in [0.3, 0.4) is 0 Å². The maximum atomic E-state index is 11.7. The lowest BCUT2D eigenvalue weighted by atomic mass is 9.84. The van der Waals surface area contributed by atoms with E-state index >= 15 is 0 Å². The minimum atomic E-state index is -0.871. The Labute approximate surface area is 129 Å². The normalized spacial score (nSPS) is 12.7. The third-order valence-corrected chi connectivity index (χ3v) is 3.89. The fourth-order valence-corrected chi connectivity index (χ4v) is 2.73. The Bertz CT molecular complexity index is 452. The summed E-state index contributed by atoms with van der Waals surface area (Å²) >= 11 is 1.65. The molecule has 0 aliphatic carbocycles. The number of rotatable bonds is 7. The van der Waals surface area contributed by atoms with Crippen LogP contribution < -0.4 is 10.6 Å². The minimum absolute atomic E-state index is 0.0830. The quantitative estimate of drug-likeness (QED) is 0.724. The van der Waals surface area contributed by atoms with Gasteiger partial charge >= 0.3 is 12.0 Å². The van der Waals surface area contributed by atoms with Gasteiger partial charge in [-0.25, -0.2) is 4.79 Å². The Hall–Kier alpha value is -1.56. The number of aliphatic carboxylic acids is 1. The molecule has 6 heteroatoms. The molecule has 1 heterocycles. The Balaban J connectivity index is 2.27. The third-order valence-electron chi connectivity index (χ3n) is 2.95. The van der Waals surface area contributed by atoms with Crippen LogP contribution in [0, 0.1) is 11.3 Å². The number of carboxylic acid groups (broad SMARTS) is 1. The van der Waals surface area contributed by atoms with E-state index in [1.165, 1.54) is 4.88 Å². The van der Waals surface area contributed by atoms with Crippen molar-refractivity contribution in [2.75, 3.05) is 13.1 Å². The molecular weight excluding hydrogens is 288 g/mol. The minimum Gasteiger partial charge on any atom is -0.481 e. The Morgan fingerprint density at radius 3 is 2.57 bits per heavy atom. The van der Waals surface area contributed by atoms with Crippen molar-refractivity contribution >= 4 is 23.3 Å². The number of thiophene rings is 1. The van der Waals surface area contributed by atoms with Gasteiger partial charge in [-0.2, -0.15) is 0 Å². The van der Waals surface area contributed by atoms with Crippen molar-refractivity contribution < 1.29 is 14.7 Å². The van der Waals surface area contributed by atoms with Crippen LogP contribution in [0.5, 0.6) is 0 Å². The van der Waals surface area contributed by atoms with E-state index in [4.69, 9.17) is 0 Å². The highest BCUT2D eigenvalue weighted by molar-refractivity contribution is 7.09. The predicted molar refractivity (Wildman–Crippen MR) is 84.6 cm³/mol. The monoisotopic (exact) mass is 312 g/mol. The van der Waals surface area contributed by atoms with Gasteiger partial charge in [-0.15, -0.1) is 11.3 Å². The van der Waals surface area contributed by atoms with E-state index in [1.807, 2.05) is 38.3 Å². The molecule has 0 aliphatic rings. The lowest BCUT2D eigenvalue weighted by Crippen LogP contribution is -2.41. The van der Waals surface area contributed by atoms with Gasteiger partial charge in [0, 0.05) is 18.0 Å². The van der Waals surface area contributed by atoms with Gasteiger partial charge in [0.2, 0.25) is 0 Å². The highest BCUT2D eigenvalue weighted by Gasteiger charge is 2.24. The van der Waals surface area contributed by atoms with E-state index in [1.54, 1.807) is 11.3 Å². The van der Waals surface area contributed by atoms with Gasteiger partial charge in [0.25, 0.3) is 0 Å². The van der Waals surface area contributed by atoms with Gasteiger partial charge in [0.15, 0.2) is 0 Å². The topological polar surface area (TPSA) is 78.4 Å². The molecule has 21 heavy (non-hydrogen) atoms. The number of amides is 2. The Morgan fingerprint density at radius 2 is 2.05 bits per heavy atom. The van der Waals surface area contributed by atoms with Crippen LogP contribution in [0.25, 0.3) is 0 Å². The maximum absolute atomic E-state index is 11.7. The predicted octanol–water partition coefficient (Wildman–Crippen LogP) is 2.73. The number of urea groups is 1. The summed E-state index contributed by atoms with van der Waals surface area (Å²) in [6.45, 7) is 6.67. The smallest absolute Gasteiger partial charge is 0.314 e. The summed E-state index contributed by atoms with van der Waals surface area (Å²) in [5.41, 5.74) is -0.0830. The Morgan fingerprint density at radius 1 is 1.33 bits per heavy atom. The van der Waals surface area contributed by atoms with Crippen molar-refractivity contribution in [3.63, 3.8) is 0 Å². The molecule has 0 spiro atoms. The highest BCUT2D eigenvalue weighted by Crippen LogP contribution is 2.24. The van der Waals surface area contributed by atoms with E-state index in [2.05, 4.69) is 10.6 Å². The molecule has 118 valence electrons. The first-order valence-corrected chi connectivity index (χ1v) is 7.93. The van der Waals surface area contributed by atoms with Crippen LogP contribution >= 0.6 is 11.3 Å². The third kappa shape index (κ3) is 7.70. The van der Waals surface area contributed by atoms with E-state index in [0.29, 0.717) is 13.0 Å². The summed E-state index contributed by atoms with van der Waals surface area (Å²) in [4.78, 5) is 24.1. The zero-order valence-electron chi connectivity index (χ0n) is 12.8. The number of carbonyl (C=O) groups excluding carboxylic acids is 1. The lowest BCUT2D eigenvalue weighted by molar-refractivity contribution is -0.142. The second-order valence-electron chi connectivity index (χ2n) is 6.27. The van der Waals surface area contributed by atoms with E-state index in [0.717, 1.165) is 6.42 Å². The molecule has 1 unspecified atom stereocenters. The fourth-order valence-electron chi connectivity index (χ4n) is 2.02. The summed E-state index contributed by atoms with van der Waals surface area (Å²) in [5.74, 6) is -1.43. The fraction of sp³-hybridized carbons (Fsp3) is 0.600. The first-order valence-electron chi connectivity index (χ1n) is 7.05. The summed E-state index contributed by atoms with van der Waals surface area (Å²) < 4.78 is 0. The van der Waals surface area contributed by atoms with Crippen molar-refractivity contribution in [3.05, 3.63) is 22.4 Å². The molecule has 5 nitrogen and oxygen atoms in total. The van der Waals surface area contributed by atoms with Crippen molar-refractivity contribution in [3.8, 4) is 0 Å². The van der Waals surface area contributed by atoms with Gasteiger partial charge in [-0.1, -0.05) is 26.8 Å². The summed E-state index contributed by atoms with van der Waals surface area (Å²) in [7, 11) is 0. The van der Waals surface area contributed by atoms with Gasteiger partial charge < -0.3 is 15.7 Å². The highest BCUT2D eigenvalue weighted by atomic mass is 32.1. The molecule has 1 aromatic rings. The first-order chi connectivity index (χ1) is 9.78. The van der Waals surface area contributed by atoms with Gasteiger partial charge in [-0.3, -0.25) is 4.79 Å². The van der Waals surface area contributed by atoms with Crippen molar-refractivity contribution in [2.24, 2.45) is 11.3 Å². The van der Waals surface area contributed by atoms with Crippen LogP contribution in [-0.2, 0) is 11.2 Å². The molecule has 1 rings (SSSR count). The van der Waals surface area contributed by atoms with Crippen LogP contribution in [0.1, 0.15) is 32.1 Å². The Kier molecular flexibility index (Phi) is 6.68.